The van der Waals surface area contributed by atoms with Gasteiger partial charge >= 0.3 is 5.97 Å². The number of aromatic nitrogens is 2. The van der Waals surface area contributed by atoms with Gasteiger partial charge in [-0.15, -0.1) is 0 Å². The van der Waals surface area contributed by atoms with Gasteiger partial charge < -0.3 is 21.1 Å². The maximum atomic E-state index is 11.1. The summed E-state index contributed by atoms with van der Waals surface area (Å²) in [4.78, 5) is 21.7. The smallest absolute Gasteiger partial charge is 0.354 e. The topological polar surface area (TPSA) is 139 Å². The van der Waals surface area contributed by atoms with E-state index in [1.54, 1.807) is 0 Å². The molecule has 0 aromatic carbocycles. The number of carboxylic acid groups (broad SMARTS) is 1. The van der Waals surface area contributed by atoms with E-state index in [-0.39, 0.29) is 17.0 Å². The van der Waals surface area contributed by atoms with Crippen LogP contribution in [0.1, 0.15) is 34.3 Å². The first kappa shape index (κ1) is 14.1. The van der Waals surface area contributed by atoms with Gasteiger partial charge in [0.05, 0.1) is 18.2 Å². The molecule has 0 bridgehead atoms. The van der Waals surface area contributed by atoms with Crippen molar-refractivity contribution in [1.29, 1.82) is 0 Å². The van der Waals surface area contributed by atoms with E-state index in [0.717, 1.165) is 4.68 Å². The Morgan fingerprint density at radius 3 is 2.44 bits per heavy atom. The van der Waals surface area contributed by atoms with Crippen molar-refractivity contribution < 1.29 is 24.9 Å². The number of aliphatic hydroxyl groups excluding tert-OH is 2. The molecule has 0 saturated heterocycles. The molecule has 1 aromatic rings. The third-order valence-electron chi connectivity index (χ3n) is 2.54. The van der Waals surface area contributed by atoms with Gasteiger partial charge in [0.2, 0.25) is 5.91 Å². The molecule has 0 saturated carbocycles. The van der Waals surface area contributed by atoms with E-state index in [9.17, 15) is 19.8 Å². The molecule has 18 heavy (non-hydrogen) atoms. The number of carboxylic acids is 1. The van der Waals surface area contributed by atoms with E-state index in [0.29, 0.717) is 0 Å². The Labute approximate surface area is 103 Å². The van der Waals surface area contributed by atoms with Crippen molar-refractivity contribution >= 4 is 11.9 Å². The standard InChI is InChI=1S/C10H15N3O5/c1-4-7(8(10(17)18)13(2)12-4)9(16)5(14)3-6(11)15/h5,9,14,16H,3H2,1-2H3,(H2,11,15)(H,17,18). The van der Waals surface area contributed by atoms with Gasteiger partial charge in [0.15, 0.2) is 5.69 Å². The lowest BCUT2D eigenvalue weighted by Gasteiger charge is -2.16. The first-order valence-corrected chi connectivity index (χ1v) is 5.17. The summed E-state index contributed by atoms with van der Waals surface area (Å²) in [5, 5.41) is 32.4. The summed E-state index contributed by atoms with van der Waals surface area (Å²) in [5.41, 5.74) is 4.92. The number of nitrogens with zero attached hydrogens (tertiary/aromatic N) is 2. The van der Waals surface area contributed by atoms with Crippen molar-refractivity contribution in [3.63, 3.8) is 0 Å². The number of amides is 1. The molecule has 1 rings (SSSR count). The molecule has 0 fully saturated rings. The van der Waals surface area contributed by atoms with E-state index < -0.39 is 30.5 Å². The van der Waals surface area contributed by atoms with Gasteiger partial charge in [-0.1, -0.05) is 0 Å². The Hall–Kier alpha value is -1.93. The van der Waals surface area contributed by atoms with E-state index in [4.69, 9.17) is 10.8 Å². The lowest BCUT2D eigenvalue weighted by Crippen LogP contribution is -2.27. The van der Waals surface area contributed by atoms with Crippen LogP contribution in [0.2, 0.25) is 0 Å². The Kier molecular flexibility index (Phi) is 4.04. The highest BCUT2D eigenvalue weighted by atomic mass is 16.4. The molecular formula is C10H15N3O5. The zero-order valence-electron chi connectivity index (χ0n) is 9.99. The van der Waals surface area contributed by atoms with Gasteiger partial charge in [-0.3, -0.25) is 9.48 Å². The molecular weight excluding hydrogens is 242 g/mol. The van der Waals surface area contributed by atoms with Gasteiger partial charge in [0.25, 0.3) is 0 Å². The number of hydrogen-bond acceptors (Lipinski definition) is 5. The molecule has 2 atom stereocenters. The zero-order valence-corrected chi connectivity index (χ0v) is 9.99. The number of carbonyl (C=O) groups excluding carboxylic acids is 1. The Balaban J connectivity index is 3.16. The normalized spacial score (nSPS) is 14.2. The summed E-state index contributed by atoms with van der Waals surface area (Å²) in [5.74, 6) is -2.07. The van der Waals surface area contributed by atoms with Crippen LogP contribution in [0, 0.1) is 6.92 Å². The van der Waals surface area contributed by atoms with Gasteiger partial charge in [-0.05, 0) is 6.92 Å². The Morgan fingerprint density at radius 2 is 2.00 bits per heavy atom. The SMILES string of the molecule is Cc1nn(C)c(C(=O)O)c1C(O)C(O)CC(N)=O. The fraction of sp³-hybridized carbons (Fsp3) is 0.500. The van der Waals surface area contributed by atoms with Crippen LogP contribution in [0.3, 0.4) is 0 Å². The fourth-order valence-corrected chi connectivity index (χ4v) is 1.79. The minimum atomic E-state index is -1.53. The largest absolute Gasteiger partial charge is 0.477 e. The van der Waals surface area contributed by atoms with Crippen LogP contribution in [0.15, 0.2) is 0 Å². The predicted molar refractivity (Wildman–Crippen MR) is 59.7 cm³/mol. The van der Waals surface area contributed by atoms with Gasteiger partial charge in [-0.25, -0.2) is 4.79 Å². The molecule has 5 N–H and O–H groups in total. The van der Waals surface area contributed by atoms with Crippen LogP contribution in [-0.2, 0) is 11.8 Å². The van der Waals surface area contributed by atoms with Gasteiger partial charge in [-0.2, -0.15) is 5.10 Å². The maximum Gasteiger partial charge on any atom is 0.354 e. The summed E-state index contributed by atoms with van der Waals surface area (Å²) in [6.07, 6.45) is -3.46. The van der Waals surface area contributed by atoms with Crippen LogP contribution in [0.5, 0.6) is 0 Å². The highest BCUT2D eigenvalue weighted by molar-refractivity contribution is 5.88. The first-order chi connectivity index (χ1) is 8.25. The molecule has 0 aliphatic heterocycles. The lowest BCUT2D eigenvalue weighted by molar-refractivity contribution is -0.121. The summed E-state index contributed by atoms with van der Waals surface area (Å²) in [7, 11) is 1.41. The summed E-state index contributed by atoms with van der Waals surface area (Å²) < 4.78 is 1.09. The molecule has 0 radical (unpaired) electrons. The van der Waals surface area contributed by atoms with E-state index in [1.165, 1.54) is 14.0 Å². The fourth-order valence-electron chi connectivity index (χ4n) is 1.79. The molecule has 1 aromatic heterocycles. The average molecular weight is 257 g/mol. The first-order valence-electron chi connectivity index (χ1n) is 5.17. The summed E-state index contributed by atoms with van der Waals surface area (Å²) in [6.45, 7) is 1.50. The maximum absolute atomic E-state index is 11.1. The van der Waals surface area contributed by atoms with Crippen molar-refractivity contribution in [3.05, 3.63) is 17.0 Å². The number of aromatic carboxylic acids is 1. The quantitative estimate of drug-likeness (QED) is 0.517. The molecule has 1 amide bonds. The molecule has 0 aliphatic carbocycles. The lowest BCUT2D eigenvalue weighted by atomic mass is 10.00. The third kappa shape index (κ3) is 2.66. The number of rotatable bonds is 5. The third-order valence-corrected chi connectivity index (χ3v) is 2.54. The van der Waals surface area contributed by atoms with Crippen molar-refractivity contribution in [2.45, 2.75) is 25.6 Å². The number of carbonyl (C=O) groups is 2. The van der Waals surface area contributed by atoms with Crippen LogP contribution >= 0.6 is 0 Å². The minimum absolute atomic E-state index is 0.0150. The highest BCUT2D eigenvalue weighted by Crippen LogP contribution is 2.25. The van der Waals surface area contributed by atoms with Gasteiger partial charge in [0.1, 0.15) is 6.10 Å². The Bertz CT molecular complexity index is 482. The predicted octanol–water partition coefficient (Wildman–Crippen LogP) is -1.30. The molecule has 8 heteroatoms. The molecule has 8 nitrogen and oxygen atoms in total. The number of aryl methyl sites for hydroxylation is 2. The Morgan fingerprint density at radius 1 is 1.44 bits per heavy atom. The molecule has 0 aliphatic rings. The number of nitrogens with two attached hydrogens (primary N) is 1. The average Bonchev–Trinajstić information content (AvgIpc) is 2.51. The second-order valence-electron chi connectivity index (χ2n) is 3.96. The van der Waals surface area contributed by atoms with Crippen LogP contribution in [0.4, 0.5) is 0 Å². The van der Waals surface area contributed by atoms with Crippen LogP contribution in [0.25, 0.3) is 0 Å². The monoisotopic (exact) mass is 257 g/mol. The highest BCUT2D eigenvalue weighted by Gasteiger charge is 2.30. The van der Waals surface area contributed by atoms with Crippen molar-refractivity contribution in [1.82, 2.24) is 9.78 Å². The van der Waals surface area contributed by atoms with E-state index in [1.807, 2.05) is 0 Å². The molecule has 2 unspecified atom stereocenters. The van der Waals surface area contributed by atoms with Crippen molar-refractivity contribution in [2.75, 3.05) is 0 Å². The van der Waals surface area contributed by atoms with E-state index in [2.05, 4.69) is 5.10 Å². The van der Waals surface area contributed by atoms with Gasteiger partial charge in [0, 0.05) is 12.6 Å². The summed E-state index contributed by atoms with van der Waals surface area (Å²) in [6, 6.07) is 0. The molecule has 0 spiro atoms. The summed E-state index contributed by atoms with van der Waals surface area (Å²) >= 11 is 0. The zero-order chi connectivity index (χ0) is 14.0. The van der Waals surface area contributed by atoms with Crippen LogP contribution in [-0.4, -0.2) is 43.1 Å². The second kappa shape index (κ2) is 5.15. The van der Waals surface area contributed by atoms with Crippen LogP contribution < -0.4 is 5.73 Å². The number of primary amides is 1. The number of aliphatic hydroxyl groups is 2. The van der Waals surface area contributed by atoms with Crippen molar-refractivity contribution in [2.24, 2.45) is 12.8 Å². The van der Waals surface area contributed by atoms with Crippen molar-refractivity contribution in [3.8, 4) is 0 Å². The minimum Gasteiger partial charge on any atom is -0.477 e. The second-order valence-corrected chi connectivity index (χ2v) is 3.96. The molecule has 1 heterocycles. The number of hydrogen-bond donors (Lipinski definition) is 4. The van der Waals surface area contributed by atoms with E-state index >= 15 is 0 Å². The molecule has 100 valence electrons.